The van der Waals surface area contributed by atoms with Gasteiger partial charge in [0.15, 0.2) is 0 Å². The van der Waals surface area contributed by atoms with Gasteiger partial charge in [-0.25, -0.2) is 0 Å². The highest BCUT2D eigenvalue weighted by Gasteiger charge is 2.63. The van der Waals surface area contributed by atoms with E-state index in [9.17, 15) is 8.42 Å². The molecule has 6 heteroatoms. The summed E-state index contributed by atoms with van der Waals surface area (Å²) < 4.78 is 24.5. The van der Waals surface area contributed by atoms with Gasteiger partial charge in [-0.3, -0.25) is 13.3 Å². The van der Waals surface area contributed by atoms with Crippen LogP contribution in [0.1, 0.15) is 31.2 Å². The van der Waals surface area contributed by atoms with Gasteiger partial charge in [-0.1, -0.05) is 36.8 Å². The summed E-state index contributed by atoms with van der Waals surface area (Å²) in [7, 11) is -2.32. The fraction of sp³-hybridized carbons (Fsp3) is 0.625. The summed E-state index contributed by atoms with van der Waals surface area (Å²) in [5, 5.41) is 1.98. The van der Waals surface area contributed by atoms with Crippen LogP contribution in [-0.2, 0) is 33.0 Å². The second kappa shape index (κ2) is 5.82. The third-order valence-corrected chi connectivity index (χ3v) is 9.48. The minimum absolute atomic E-state index is 0.151. The third-order valence-electron chi connectivity index (χ3n) is 5.02. The fourth-order valence-corrected chi connectivity index (χ4v) is 8.52. The Hall–Kier alpha value is -0.560. The zero-order valence-electron chi connectivity index (χ0n) is 12.5. The van der Waals surface area contributed by atoms with Crippen LogP contribution in [0.3, 0.4) is 0 Å². The first-order chi connectivity index (χ1) is 10.7. The average Bonchev–Trinajstić information content (AvgIpc) is 3.10. The largest absolute Gasteiger partial charge is 0.264 e. The number of fused-ring (bicyclic) bond motifs is 2. The molecule has 2 heterocycles. The van der Waals surface area contributed by atoms with Crippen molar-refractivity contribution in [3.8, 4) is 0 Å². The van der Waals surface area contributed by atoms with Gasteiger partial charge in [0.05, 0.1) is 21.6 Å². The normalized spacial score (nSPS) is 41.8. The molecule has 1 saturated carbocycles. The molecule has 120 valence electrons. The molecule has 1 aromatic carbocycles. The van der Waals surface area contributed by atoms with E-state index >= 15 is 0 Å². The third kappa shape index (κ3) is 2.23. The lowest BCUT2D eigenvalue weighted by molar-refractivity contribution is -0.161. The maximum Gasteiger partial charge on any atom is 0.241 e. The van der Waals surface area contributed by atoms with Crippen molar-refractivity contribution in [1.29, 1.82) is 0 Å². The molecule has 1 aromatic rings. The lowest BCUT2D eigenvalue weighted by Gasteiger charge is -2.34. The molecule has 4 atom stereocenters. The Morgan fingerprint density at radius 2 is 1.82 bits per heavy atom. The molecule has 2 saturated heterocycles. The van der Waals surface area contributed by atoms with Crippen LogP contribution in [0.2, 0.25) is 0 Å². The van der Waals surface area contributed by atoms with Crippen LogP contribution in [0.25, 0.3) is 0 Å². The van der Waals surface area contributed by atoms with Gasteiger partial charge in [0.2, 0.25) is 4.27 Å². The van der Waals surface area contributed by atoms with Gasteiger partial charge in [-0.2, -0.15) is 5.06 Å². The monoisotopic (exact) mass is 339 g/mol. The molecular formula is C16H21NO3S2. The molecule has 0 N–H and O–H groups in total. The van der Waals surface area contributed by atoms with E-state index in [0.717, 1.165) is 25.7 Å². The second-order valence-corrected chi connectivity index (χ2v) is 9.98. The maximum absolute atomic E-state index is 12.7. The summed E-state index contributed by atoms with van der Waals surface area (Å²) in [5.74, 6) is 1.39. The van der Waals surface area contributed by atoms with Crippen LogP contribution in [0.4, 0.5) is 0 Å². The molecule has 1 aliphatic carbocycles. The molecule has 2 unspecified atom stereocenters. The molecule has 3 aliphatic rings. The van der Waals surface area contributed by atoms with E-state index in [0.29, 0.717) is 18.1 Å². The van der Waals surface area contributed by atoms with Crippen molar-refractivity contribution >= 4 is 21.6 Å². The van der Waals surface area contributed by atoms with E-state index < -0.39 is 25.9 Å². The average molecular weight is 339 g/mol. The van der Waals surface area contributed by atoms with Crippen molar-refractivity contribution in [1.82, 2.24) is 5.06 Å². The van der Waals surface area contributed by atoms with Crippen molar-refractivity contribution in [2.24, 2.45) is 5.92 Å². The summed E-state index contributed by atoms with van der Waals surface area (Å²) in [6.45, 7) is 0.679. The van der Waals surface area contributed by atoms with Crippen molar-refractivity contribution in [3.63, 3.8) is 0 Å². The summed E-state index contributed by atoms with van der Waals surface area (Å²) in [5.41, 5.74) is 1.18. The Balaban J connectivity index is 1.65. The van der Waals surface area contributed by atoms with Crippen LogP contribution >= 0.6 is 0 Å². The Kier molecular flexibility index (Phi) is 3.97. The first kappa shape index (κ1) is 15.0. The standard InChI is InChI=1S/C16H21NO3S2/c18-21-10-5-11-22(19)16(21)14-8-4-9-15(14)17(20-16)12-13-6-2-1-3-7-13/h1-3,6-7,14-15H,4-5,8-12H2/t14-,15+,16?,21?,22?/m0/s1. The lowest BCUT2D eigenvalue weighted by atomic mass is 10.1. The SMILES string of the molecule is O=S1CCCS(=O)C12ON(Cc1ccccc1)[C@@H]1CCC[C@@H]12. The predicted molar refractivity (Wildman–Crippen MR) is 87.6 cm³/mol. The fourth-order valence-electron chi connectivity index (χ4n) is 4.04. The van der Waals surface area contributed by atoms with Gasteiger partial charge >= 0.3 is 0 Å². The Morgan fingerprint density at radius 3 is 2.55 bits per heavy atom. The van der Waals surface area contributed by atoms with Gasteiger partial charge in [0.25, 0.3) is 0 Å². The topological polar surface area (TPSA) is 46.6 Å². The number of hydrogen-bond donors (Lipinski definition) is 0. The summed E-state index contributed by atoms with van der Waals surface area (Å²) >= 11 is 0. The van der Waals surface area contributed by atoms with Crippen molar-refractivity contribution in [3.05, 3.63) is 35.9 Å². The molecule has 3 fully saturated rings. The zero-order valence-corrected chi connectivity index (χ0v) is 14.1. The highest BCUT2D eigenvalue weighted by molar-refractivity contribution is 8.04. The lowest BCUT2D eigenvalue weighted by Crippen LogP contribution is -2.50. The molecule has 0 amide bonds. The van der Waals surface area contributed by atoms with Gasteiger partial charge in [0.1, 0.15) is 0 Å². The van der Waals surface area contributed by atoms with Gasteiger partial charge in [-0.15, -0.1) is 0 Å². The first-order valence-electron chi connectivity index (χ1n) is 7.98. The van der Waals surface area contributed by atoms with Crippen molar-refractivity contribution in [2.45, 2.75) is 42.5 Å². The number of benzene rings is 1. The highest BCUT2D eigenvalue weighted by atomic mass is 32.2. The molecule has 0 aromatic heterocycles. The molecular weight excluding hydrogens is 318 g/mol. The summed E-state index contributed by atoms with van der Waals surface area (Å²) in [4.78, 5) is 6.22. The number of hydroxylamine groups is 2. The Morgan fingerprint density at radius 1 is 1.09 bits per heavy atom. The van der Waals surface area contributed by atoms with E-state index in [1.54, 1.807) is 0 Å². The first-order valence-corrected chi connectivity index (χ1v) is 10.6. The van der Waals surface area contributed by atoms with Crippen molar-refractivity contribution in [2.75, 3.05) is 11.5 Å². The zero-order chi connectivity index (χ0) is 15.2. The maximum atomic E-state index is 12.7. The minimum Gasteiger partial charge on any atom is -0.264 e. The molecule has 4 nitrogen and oxygen atoms in total. The van der Waals surface area contributed by atoms with Gasteiger partial charge in [-0.05, 0) is 24.8 Å². The van der Waals surface area contributed by atoms with Crippen LogP contribution in [0.15, 0.2) is 30.3 Å². The molecule has 2 aliphatic heterocycles. The van der Waals surface area contributed by atoms with Crippen LogP contribution in [0.5, 0.6) is 0 Å². The summed E-state index contributed by atoms with van der Waals surface area (Å²) in [6, 6.07) is 10.4. The smallest absolute Gasteiger partial charge is 0.241 e. The summed E-state index contributed by atoms with van der Waals surface area (Å²) in [6.07, 6.45) is 3.92. The van der Waals surface area contributed by atoms with Gasteiger partial charge in [0, 0.05) is 30.0 Å². The molecule has 22 heavy (non-hydrogen) atoms. The van der Waals surface area contributed by atoms with E-state index in [-0.39, 0.29) is 12.0 Å². The van der Waals surface area contributed by atoms with Crippen LogP contribution < -0.4 is 0 Å². The second-order valence-electron chi connectivity index (χ2n) is 6.31. The Labute approximate surface area is 136 Å². The van der Waals surface area contributed by atoms with E-state index in [2.05, 4.69) is 12.1 Å². The number of rotatable bonds is 2. The van der Waals surface area contributed by atoms with Crippen LogP contribution in [0, 0.1) is 5.92 Å². The number of nitrogens with zero attached hydrogens (tertiary/aromatic N) is 1. The Bertz CT molecular complexity index is 591. The van der Waals surface area contributed by atoms with E-state index in [1.165, 1.54) is 5.56 Å². The molecule has 0 bridgehead atoms. The predicted octanol–water partition coefficient (Wildman–Crippen LogP) is 2.16. The quantitative estimate of drug-likeness (QED) is 0.828. The molecule has 0 radical (unpaired) electrons. The van der Waals surface area contributed by atoms with E-state index in [4.69, 9.17) is 4.84 Å². The molecule has 4 rings (SSSR count). The van der Waals surface area contributed by atoms with Crippen molar-refractivity contribution < 1.29 is 13.3 Å². The van der Waals surface area contributed by atoms with Crippen LogP contribution in [-0.4, -0.2) is 35.3 Å². The van der Waals surface area contributed by atoms with Gasteiger partial charge < -0.3 is 0 Å². The number of hydrogen-bond acceptors (Lipinski definition) is 4. The molecule has 1 spiro atoms. The minimum atomic E-state index is -1.16. The van der Waals surface area contributed by atoms with E-state index in [1.807, 2.05) is 23.3 Å². The highest BCUT2D eigenvalue weighted by Crippen LogP contribution is 2.51.